The molecular formula is C19H11N3O4S. The minimum atomic E-state index is -0.472. The largest absolute Gasteiger partial charge is 0.454 e. The quantitative estimate of drug-likeness (QED) is 0.377. The number of ether oxygens (including phenoxy) is 2. The van der Waals surface area contributed by atoms with E-state index in [0.29, 0.717) is 27.8 Å². The fourth-order valence-electron chi connectivity index (χ4n) is 2.66. The zero-order valence-corrected chi connectivity index (χ0v) is 14.6. The van der Waals surface area contributed by atoms with E-state index >= 15 is 0 Å². The molecule has 0 saturated carbocycles. The molecule has 0 fully saturated rings. The molecule has 0 radical (unpaired) electrons. The fourth-order valence-corrected chi connectivity index (χ4v) is 3.45. The maximum atomic E-state index is 11.2. The summed E-state index contributed by atoms with van der Waals surface area (Å²) in [5.41, 5.74) is 2.10. The highest BCUT2D eigenvalue weighted by Crippen LogP contribution is 2.37. The molecule has 2 heterocycles. The number of nitro benzene ring substituents is 1. The third-order valence-electron chi connectivity index (χ3n) is 3.96. The predicted molar refractivity (Wildman–Crippen MR) is 100 cm³/mol. The van der Waals surface area contributed by atoms with E-state index in [-0.39, 0.29) is 18.1 Å². The number of nitriles is 1. The third kappa shape index (κ3) is 3.23. The van der Waals surface area contributed by atoms with Crippen molar-refractivity contribution in [3.8, 4) is 28.8 Å². The lowest BCUT2D eigenvalue weighted by molar-refractivity contribution is -0.385. The summed E-state index contributed by atoms with van der Waals surface area (Å²) in [7, 11) is 0. The minimum Gasteiger partial charge on any atom is -0.454 e. The highest BCUT2D eigenvalue weighted by Gasteiger charge is 2.17. The van der Waals surface area contributed by atoms with Crippen LogP contribution in [0.1, 0.15) is 10.6 Å². The lowest BCUT2D eigenvalue weighted by Crippen LogP contribution is -1.92. The molecule has 0 aliphatic carbocycles. The second-order valence-corrected chi connectivity index (χ2v) is 6.45. The van der Waals surface area contributed by atoms with E-state index in [9.17, 15) is 15.4 Å². The summed E-state index contributed by atoms with van der Waals surface area (Å²) in [5, 5.41) is 23.0. The van der Waals surface area contributed by atoms with Crippen LogP contribution in [0.4, 0.5) is 5.69 Å². The molecule has 0 amide bonds. The summed E-state index contributed by atoms with van der Waals surface area (Å²) in [4.78, 5) is 15.2. The first-order valence-electron chi connectivity index (χ1n) is 7.87. The van der Waals surface area contributed by atoms with Crippen LogP contribution in [0.15, 0.2) is 47.8 Å². The number of nitrogens with zero attached hydrogens (tertiary/aromatic N) is 3. The van der Waals surface area contributed by atoms with Gasteiger partial charge in [-0.2, -0.15) is 5.26 Å². The maximum absolute atomic E-state index is 11.2. The Morgan fingerprint density at radius 2 is 2.07 bits per heavy atom. The lowest BCUT2D eigenvalue weighted by atomic mass is 10.1. The van der Waals surface area contributed by atoms with Crippen LogP contribution in [-0.4, -0.2) is 16.7 Å². The molecule has 0 atom stereocenters. The van der Waals surface area contributed by atoms with Crippen LogP contribution in [0.5, 0.6) is 11.5 Å². The Balaban J connectivity index is 1.70. The van der Waals surface area contributed by atoms with Gasteiger partial charge in [0.25, 0.3) is 5.69 Å². The Labute approximate surface area is 157 Å². The van der Waals surface area contributed by atoms with Crippen LogP contribution in [0.2, 0.25) is 0 Å². The molecule has 132 valence electrons. The average molecular weight is 377 g/mol. The first-order valence-corrected chi connectivity index (χ1v) is 8.75. The standard InChI is InChI=1S/C19H11N3O4S/c20-9-14(7-13-3-1-2-4-16(13)22(23)24)19-21-15(10-27-19)12-5-6-17-18(8-12)26-11-25-17/h1-8,10H,11H2/b14-7+. The lowest BCUT2D eigenvalue weighted by Gasteiger charge is -2.00. The van der Waals surface area contributed by atoms with Gasteiger partial charge in [-0.1, -0.05) is 12.1 Å². The zero-order chi connectivity index (χ0) is 18.8. The van der Waals surface area contributed by atoms with Gasteiger partial charge in [-0.3, -0.25) is 10.1 Å². The number of benzene rings is 2. The van der Waals surface area contributed by atoms with Crippen LogP contribution >= 0.6 is 11.3 Å². The van der Waals surface area contributed by atoms with Gasteiger partial charge in [-0.15, -0.1) is 11.3 Å². The summed E-state index contributed by atoms with van der Waals surface area (Å²) >= 11 is 1.30. The van der Waals surface area contributed by atoms with Crippen LogP contribution in [0.3, 0.4) is 0 Å². The van der Waals surface area contributed by atoms with E-state index in [4.69, 9.17) is 9.47 Å². The Morgan fingerprint density at radius 3 is 2.89 bits per heavy atom. The Morgan fingerprint density at radius 1 is 1.26 bits per heavy atom. The summed E-state index contributed by atoms with van der Waals surface area (Å²) in [5.74, 6) is 1.33. The van der Waals surface area contributed by atoms with Crippen LogP contribution in [-0.2, 0) is 0 Å². The normalized spacial score (nSPS) is 12.6. The number of allylic oxidation sites excluding steroid dienone is 1. The number of para-hydroxylation sites is 1. The summed E-state index contributed by atoms with van der Waals surface area (Å²) < 4.78 is 10.7. The van der Waals surface area contributed by atoms with Gasteiger partial charge < -0.3 is 9.47 Å². The van der Waals surface area contributed by atoms with Gasteiger partial charge in [0.1, 0.15) is 11.1 Å². The molecule has 8 heteroatoms. The molecule has 0 unspecified atom stereocenters. The van der Waals surface area contributed by atoms with Crippen molar-refractivity contribution in [2.45, 2.75) is 0 Å². The molecule has 0 bridgehead atoms. The summed E-state index contributed by atoms with van der Waals surface area (Å²) in [6, 6.07) is 13.9. The molecule has 1 aliphatic rings. The first kappa shape index (κ1) is 16.8. The van der Waals surface area contributed by atoms with E-state index in [2.05, 4.69) is 11.1 Å². The molecular weight excluding hydrogens is 366 g/mol. The second kappa shape index (κ2) is 6.90. The second-order valence-electron chi connectivity index (χ2n) is 5.59. The monoisotopic (exact) mass is 377 g/mol. The molecule has 1 aliphatic heterocycles. The fraction of sp³-hybridized carbons (Fsp3) is 0.0526. The van der Waals surface area contributed by atoms with Crippen LogP contribution < -0.4 is 9.47 Å². The summed E-state index contributed by atoms with van der Waals surface area (Å²) in [6.45, 7) is 0.193. The van der Waals surface area contributed by atoms with Gasteiger partial charge in [0.05, 0.1) is 21.8 Å². The number of hydrogen-bond donors (Lipinski definition) is 0. The van der Waals surface area contributed by atoms with Crippen molar-refractivity contribution in [1.29, 1.82) is 5.26 Å². The molecule has 0 spiro atoms. The van der Waals surface area contributed by atoms with Crippen molar-refractivity contribution in [3.05, 3.63) is 68.5 Å². The van der Waals surface area contributed by atoms with Crippen molar-refractivity contribution in [2.75, 3.05) is 6.79 Å². The molecule has 27 heavy (non-hydrogen) atoms. The van der Waals surface area contributed by atoms with Crippen LogP contribution in [0.25, 0.3) is 22.9 Å². The van der Waals surface area contributed by atoms with Gasteiger partial charge in [0.2, 0.25) is 6.79 Å². The van der Waals surface area contributed by atoms with Crippen molar-refractivity contribution >= 4 is 28.7 Å². The van der Waals surface area contributed by atoms with Crippen LogP contribution in [0, 0.1) is 21.4 Å². The molecule has 7 nitrogen and oxygen atoms in total. The smallest absolute Gasteiger partial charge is 0.276 e. The van der Waals surface area contributed by atoms with Gasteiger partial charge in [-0.05, 0) is 30.3 Å². The number of aromatic nitrogens is 1. The molecule has 0 N–H and O–H groups in total. The minimum absolute atomic E-state index is 0.0576. The Kier molecular flexibility index (Phi) is 4.28. The van der Waals surface area contributed by atoms with Gasteiger partial charge in [0, 0.05) is 17.0 Å². The van der Waals surface area contributed by atoms with E-state index in [1.807, 2.05) is 23.6 Å². The van der Waals surface area contributed by atoms with Gasteiger partial charge >= 0.3 is 0 Å². The van der Waals surface area contributed by atoms with E-state index in [0.717, 1.165) is 5.56 Å². The highest BCUT2D eigenvalue weighted by atomic mass is 32.1. The Hall–Kier alpha value is -3.70. The van der Waals surface area contributed by atoms with Gasteiger partial charge in [0.15, 0.2) is 11.5 Å². The van der Waals surface area contributed by atoms with Gasteiger partial charge in [-0.25, -0.2) is 4.98 Å². The van der Waals surface area contributed by atoms with E-state index in [1.165, 1.54) is 23.5 Å². The number of hydrogen-bond acceptors (Lipinski definition) is 7. The van der Waals surface area contributed by atoms with Crippen molar-refractivity contribution in [3.63, 3.8) is 0 Å². The first-order chi connectivity index (χ1) is 13.2. The molecule has 3 aromatic rings. The Bertz CT molecular complexity index is 1110. The zero-order valence-electron chi connectivity index (χ0n) is 13.8. The molecule has 2 aromatic carbocycles. The summed E-state index contributed by atoms with van der Waals surface area (Å²) in [6.07, 6.45) is 1.49. The topological polar surface area (TPSA) is 98.3 Å². The molecule has 1 aromatic heterocycles. The number of rotatable bonds is 4. The number of thiazole rings is 1. The van der Waals surface area contributed by atoms with Crippen molar-refractivity contribution in [2.24, 2.45) is 0 Å². The van der Waals surface area contributed by atoms with E-state index in [1.54, 1.807) is 18.2 Å². The number of fused-ring (bicyclic) bond motifs is 1. The number of nitro groups is 1. The highest BCUT2D eigenvalue weighted by molar-refractivity contribution is 7.11. The molecule has 4 rings (SSSR count). The van der Waals surface area contributed by atoms with E-state index < -0.39 is 4.92 Å². The predicted octanol–water partition coefficient (Wildman–Crippen LogP) is 4.51. The maximum Gasteiger partial charge on any atom is 0.276 e. The third-order valence-corrected chi connectivity index (χ3v) is 4.83. The van der Waals surface area contributed by atoms with Crippen molar-refractivity contribution in [1.82, 2.24) is 4.98 Å². The average Bonchev–Trinajstić information content (AvgIpc) is 3.35. The SMILES string of the molecule is N#C/C(=C\c1ccccc1[N+](=O)[O-])c1nc(-c2ccc3c(c2)OCO3)cs1. The van der Waals surface area contributed by atoms with Crippen molar-refractivity contribution < 1.29 is 14.4 Å². The molecule has 0 saturated heterocycles.